The molecule has 1 atom stereocenters. The molecule has 0 saturated heterocycles. The highest BCUT2D eigenvalue weighted by atomic mass is 16.1. The standard InChI is InChI=1S/C15H24N2O/c1-5-12(3)16-10-9-15(18)17-14-8-6-7-11(2)13(14)4/h6-8,12,16H,5,9-10H2,1-4H3,(H,17,18). The summed E-state index contributed by atoms with van der Waals surface area (Å²) in [6, 6.07) is 6.44. The first kappa shape index (κ1) is 14.7. The largest absolute Gasteiger partial charge is 0.326 e. The van der Waals surface area contributed by atoms with Crippen LogP contribution in [0.4, 0.5) is 5.69 Å². The molecule has 0 spiro atoms. The molecule has 0 fully saturated rings. The van der Waals surface area contributed by atoms with Crippen LogP contribution in [0.15, 0.2) is 18.2 Å². The molecule has 3 nitrogen and oxygen atoms in total. The van der Waals surface area contributed by atoms with Crippen molar-refractivity contribution in [2.75, 3.05) is 11.9 Å². The number of amides is 1. The zero-order valence-electron chi connectivity index (χ0n) is 11.8. The Morgan fingerprint density at radius 3 is 2.72 bits per heavy atom. The number of nitrogens with one attached hydrogen (secondary N) is 2. The minimum Gasteiger partial charge on any atom is -0.326 e. The van der Waals surface area contributed by atoms with Crippen molar-refractivity contribution in [3.05, 3.63) is 29.3 Å². The minimum atomic E-state index is 0.0690. The van der Waals surface area contributed by atoms with E-state index in [9.17, 15) is 4.79 Å². The van der Waals surface area contributed by atoms with Crippen LogP contribution in [0.3, 0.4) is 0 Å². The summed E-state index contributed by atoms with van der Waals surface area (Å²) in [6.07, 6.45) is 1.59. The van der Waals surface area contributed by atoms with Gasteiger partial charge in [-0.05, 0) is 44.4 Å². The quantitative estimate of drug-likeness (QED) is 0.812. The molecule has 1 unspecified atom stereocenters. The van der Waals surface area contributed by atoms with Gasteiger partial charge >= 0.3 is 0 Å². The topological polar surface area (TPSA) is 41.1 Å². The van der Waals surface area contributed by atoms with Crippen LogP contribution in [0.25, 0.3) is 0 Å². The maximum Gasteiger partial charge on any atom is 0.225 e. The van der Waals surface area contributed by atoms with Crippen molar-refractivity contribution in [1.82, 2.24) is 5.32 Å². The fourth-order valence-electron chi connectivity index (χ4n) is 1.68. The number of hydrogen-bond donors (Lipinski definition) is 2. The van der Waals surface area contributed by atoms with E-state index in [-0.39, 0.29) is 5.91 Å². The van der Waals surface area contributed by atoms with Gasteiger partial charge in [0, 0.05) is 24.7 Å². The summed E-state index contributed by atoms with van der Waals surface area (Å²) in [7, 11) is 0. The molecule has 0 saturated carbocycles. The molecule has 0 heterocycles. The summed E-state index contributed by atoms with van der Waals surface area (Å²) >= 11 is 0. The molecule has 0 aliphatic carbocycles. The van der Waals surface area contributed by atoms with Gasteiger partial charge in [-0.25, -0.2) is 0 Å². The number of rotatable bonds is 6. The molecule has 0 radical (unpaired) electrons. The van der Waals surface area contributed by atoms with E-state index in [1.54, 1.807) is 0 Å². The summed E-state index contributed by atoms with van der Waals surface area (Å²) in [6.45, 7) is 9.07. The average Bonchev–Trinajstić information content (AvgIpc) is 2.34. The number of carbonyl (C=O) groups excluding carboxylic acids is 1. The molecule has 1 aromatic carbocycles. The van der Waals surface area contributed by atoms with Gasteiger partial charge in [0.05, 0.1) is 0 Å². The van der Waals surface area contributed by atoms with Crippen LogP contribution in [-0.2, 0) is 4.79 Å². The molecule has 0 aliphatic heterocycles. The Morgan fingerprint density at radius 2 is 2.06 bits per heavy atom. The van der Waals surface area contributed by atoms with E-state index in [2.05, 4.69) is 37.5 Å². The predicted octanol–water partition coefficient (Wildman–Crippen LogP) is 3.02. The molecule has 100 valence electrons. The molecule has 2 N–H and O–H groups in total. The number of benzene rings is 1. The molecular formula is C15H24N2O. The Balaban J connectivity index is 2.43. The zero-order valence-corrected chi connectivity index (χ0v) is 11.8. The third-order valence-corrected chi connectivity index (χ3v) is 3.34. The number of aryl methyl sites for hydroxylation is 1. The highest BCUT2D eigenvalue weighted by molar-refractivity contribution is 5.91. The van der Waals surface area contributed by atoms with Crippen molar-refractivity contribution in [2.24, 2.45) is 0 Å². The lowest BCUT2D eigenvalue weighted by Crippen LogP contribution is -2.29. The van der Waals surface area contributed by atoms with Gasteiger partial charge < -0.3 is 10.6 Å². The van der Waals surface area contributed by atoms with E-state index < -0.39 is 0 Å². The van der Waals surface area contributed by atoms with Gasteiger partial charge in [-0.2, -0.15) is 0 Å². The van der Waals surface area contributed by atoms with Crippen LogP contribution in [0, 0.1) is 13.8 Å². The first-order valence-electron chi connectivity index (χ1n) is 6.64. The molecule has 0 bridgehead atoms. The van der Waals surface area contributed by atoms with Gasteiger partial charge in [0.2, 0.25) is 5.91 Å². The second kappa shape index (κ2) is 7.17. The first-order valence-corrected chi connectivity index (χ1v) is 6.64. The molecule has 1 amide bonds. The molecule has 1 rings (SSSR count). The molecule has 0 aromatic heterocycles. The third-order valence-electron chi connectivity index (χ3n) is 3.34. The molecule has 18 heavy (non-hydrogen) atoms. The highest BCUT2D eigenvalue weighted by Gasteiger charge is 2.06. The summed E-state index contributed by atoms with van der Waals surface area (Å²) in [5, 5.41) is 6.28. The van der Waals surface area contributed by atoms with E-state index in [0.717, 1.165) is 24.2 Å². The summed E-state index contributed by atoms with van der Waals surface area (Å²) in [5.41, 5.74) is 3.26. The van der Waals surface area contributed by atoms with Crippen molar-refractivity contribution < 1.29 is 4.79 Å². The Morgan fingerprint density at radius 1 is 1.33 bits per heavy atom. The summed E-state index contributed by atoms with van der Waals surface area (Å²) in [5.74, 6) is 0.0690. The van der Waals surface area contributed by atoms with Crippen LogP contribution in [0.1, 0.15) is 37.8 Å². The van der Waals surface area contributed by atoms with Crippen LogP contribution in [0.5, 0.6) is 0 Å². The van der Waals surface area contributed by atoms with Crippen molar-refractivity contribution in [3.63, 3.8) is 0 Å². The second-order valence-corrected chi connectivity index (χ2v) is 4.81. The van der Waals surface area contributed by atoms with E-state index in [4.69, 9.17) is 0 Å². The minimum absolute atomic E-state index is 0.0690. The van der Waals surface area contributed by atoms with Gasteiger partial charge in [0.1, 0.15) is 0 Å². The monoisotopic (exact) mass is 248 g/mol. The van der Waals surface area contributed by atoms with Gasteiger partial charge in [-0.15, -0.1) is 0 Å². The van der Waals surface area contributed by atoms with Gasteiger partial charge in [0.15, 0.2) is 0 Å². The maximum atomic E-state index is 11.8. The van der Waals surface area contributed by atoms with E-state index >= 15 is 0 Å². The fraction of sp³-hybridized carbons (Fsp3) is 0.533. The van der Waals surface area contributed by atoms with Gasteiger partial charge in [-0.3, -0.25) is 4.79 Å². The number of anilines is 1. The maximum absolute atomic E-state index is 11.8. The first-order chi connectivity index (χ1) is 8.54. The summed E-state index contributed by atoms with van der Waals surface area (Å²) < 4.78 is 0. The smallest absolute Gasteiger partial charge is 0.225 e. The number of carbonyl (C=O) groups is 1. The molecule has 3 heteroatoms. The summed E-state index contributed by atoms with van der Waals surface area (Å²) in [4.78, 5) is 11.8. The fourth-order valence-corrected chi connectivity index (χ4v) is 1.68. The Bertz CT molecular complexity index is 401. The lowest BCUT2D eigenvalue weighted by molar-refractivity contribution is -0.116. The van der Waals surface area contributed by atoms with E-state index in [0.29, 0.717) is 12.5 Å². The second-order valence-electron chi connectivity index (χ2n) is 4.81. The zero-order chi connectivity index (χ0) is 13.5. The van der Waals surface area contributed by atoms with Gasteiger partial charge in [-0.1, -0.05) is 19.1 Å². The molecule has 0 aliphatic rings. The van der Waals surface area contributed by atoms with Gasteiger partial charge in [0.25, 0.3) is 0 Å². The predicted molar refractivity (Wildman–Crippen MR) is 76.9 cm³/mol. The van der Waals surface area contributed by atoms with Crippen LogP contribution < -0.4 is 10.6 Å². The lowest BCUT2D eigenvalue weighted by atomic mass is 10.1. The van der Waals surface area contributed by atoms with Crippen LogP contribution in [0.2, 0.25) is 0 Å². The number of hydrogen-bond acceptors (Lipinski definition) is 2. The van der Waals surface area contributed by atoms with Crippen molar-refractivity contribution >= 4 is 11.6 Å². The van der Waals surface area contributed by atoms with Crippen molar-refractivity contribution in [1.29, 1.82) is 0 Å². The Kier molecular flexibility index (Phi) is 5.86. The van der Waals surface area contributed by atoms with Crippen molar-refractivity contribution in [3.8, 4) is 0 Å². The van der Waals surface area contributed by atoms with Crippen LogP contribution >= 0.6 is 0 Å². The third kappa shape index (κ3) is 4.49. The molecular weight excluding hydrogens is 224 g/mol. The lowest BCUT2D eigenvalue weighted by Gasteiger charge is -2.12. The normalized spacial score (nSPS) is 12.2. The van der Waals surface area contributed by atoms with E-state index in [1.165, 1.54) is 5.56 Å². The Labute approximate surface area is 110 Å². The van der Waals surface area contributed by atoms with Crippen LogP contribution in [-0.4, -0.2) is 18.5 Å². The average molecular weight is 248 g/mol. The Hall–Kier alpha value is -1.35. The molecule has 1 aromatic rings. The highest BCUT2D eigenvalue weighted by Crippen LogP contribution is 2.17. The van der Waals surface area contributed by atoms with E-state index in [1.807, 2.05) is 19.1 Å². The van der Waals surface area contributed by atoms with Crippen molar-refractivity contribution in [2.45, 2.75) is 46.6 Å². The SMILES string of the molecule is CCC(C)NCCC(=O)Nc1cccc(C)c1C.